The lowest BCUT2D eigenvalue weighted by atomic mass is 9.75. The van der Waals surface area contributed by atoms with Crippen LogP contribution in [0.2, 0.25) is 0 Å². The molecule has 1 aromatic rings. The minimum absolute atomic E-state index is 0.0621. The van der Waals surface area contributed by atoms with Gasteiger partial charge in [-0.2, -0.15) is 0 Å². The van der Waals surface area contributed by atoms with Gasteiger partial charge in [0.05, 0.1) is 5.69 Å². The molecule has 0 aromatic heterocycles. The summed E-state index contributed by atoms with van der Waals surface area (Å²) in [7, 11) is 0. The van der Waals surface area contributed by atoms with E-state index in [2.05, 4.69) is 12.2 Å². The van der Waals surface area contributed by atoms with Crippen LogP contribution in [0.4, 0.5) is 10.5 Å². The van der Waals surface area contributed by atoms with Crippen LogP contribution in [0.25, 0.3) is 0 Å². The topological polar surface area (TPSA) is 49.4 Å². The first kappa shape index (κ1) is 15.1. The van der Waals surface area contributed by atoms with Crippen LogP contribution < -0.4 is 10.2 Å². The molecule has 1 heterocycles. The van der Waals surface area contributed by atoms with Gasteiger partial charge in [0.1, 0.15) is 5.54 Å². The van der Waals surface area contributed by atoms with E-state index in [0.717, 1.165) is 49.8 Å². The molecular formula is C18H24N2O2. The SMILES string of the molecule is CCc1ccccc1N1C(=O)NC2(CCC(CC)CC2)C1=O. The van der Waals surface area contributed by atoms with Gasteiger partial charge in [0.15, 0.2) is 0 Å². The molecule has 118 valence electrons. The lowest BCUT2D eigenvalue weighted by Crippen LogP contribution is -2.49. The van der Waals surface area contributed by atoms with E-state index >= 15 is 0 Å². The van der Waals surface area contributed by atoms with Crippen molar-refractivity contribution in [1.82, 2.24) is 5.32 Å². The van der Waals surface area contributed by atoms with E-state index in [1.54, 1.807) is 0 Å². The molecule has 4 nitrogen and oxygen atoms in total. The number of nitrogens with zero attached hydrogens (tertiary/aromatic N) is 1. The van der Waals surface area contributed by atoms with Gasteiger partial charge in [0.2, 0.25) is 0 Å². The van der Waals surface area contributed by atoms with Gasteiger partial charge < -0.3 is 5.32 Å². The highest BCUT2D eigenvalue weighted by atomic mass is 16.2. The maximum atomic E-state index is 13.0. The molecule has 0 unspecified atom stereocenters. The molecule has 1 saturated carbocycles. The number of carbonyl (C=O) groups excluding carboxylic acids is 2. The van der Waals surface area contributed by atoms with Crippen molar-refractivity contribution in [2.24, 2.45) is 5.92 Å². The van der Waals surface area contributed by atoms with Crippen molar-refractivity contribution >= 4 is 17.6 Å². The molecular weight excluding hydrogens is 276 g/mol. The smallest absolute Gasteiger partial charge is 0.323 e. The zero-order valence-electron chi connectivity index (χ0n) is 13.4. The third-order valence-corrected chi connectivity index (χ3v) is 5.31. The number of urea groups is 1. The number of carbonyl (C=O) groups is 2. The number of anilines is 1. The second-order valence-electron chi connectivity index (χ2n) is 6.49. The summed E-state index contributed by atoms with van der Waals surface area (Å²) in [6, 6.07) is 7.42. The monoisotopic (exact) mass is 300 g/mol. The van der Waals surface area contributed by atoms with E-state index in [1.807, 2.05) is 31.2 Å². The van der Waals surface area contributed by atoms with E-state index in [1.165, 1.54) is 4.90 Å². The molecule has 3 rings (SSSR count). The van der Waals surface area contributed by atoms with Crippen molar-refractivity contribution in [3.8, 4) is 0 Å². The summed E-state index contributed by atoms with van der Waals surface area (Å²) in [6.07, 6.45) is 5.53. The number of benzene rings is 1. The number of aryl methyl sites for hydroxylation is 1. The number of amides is 3. The average Bonchev–Trinajstić information content (AvgIpc) is 2.78. The molecule has 2 fully saturated rings. The van der Waals surface area contributed by atoms with Crippen LogP contribution in [0, 0.1) is 5.92 Å². The molecule has 0 radical (unpaired) electrons. The highest BCUT2D eigenvalue weighted by Crippen LogP contribution is 2.39. The van der Waals surface area contributed by atoms with E-state index < -0.39 is 5.54 Å². The lowest BCUT2D eigenvalue weighted by Gasteiger charge is -2.34. The number of nitrogens with one attached hydrogen (secondary N) is 1. The third kappa shape index (κ3) is 2.31. The van der Waals surface area contributed by atoms with Crippen LogP contribution in [0.15, 0.2) is 24.3 Å². The van der Waals surface area contributed by atoms with E-state index in [0.29, 0.717) is 5.92 Å². The van der Waals surface area contributed by atoms with Crippen LogP contribution in [-0.4, -0.2) is 17.5 Å². The molecule has 0 atom stereocenters. The lowest BCUT2D eigenvalue weighted by molar-refractivity contribution is -0.123. The first-order valence-electron chi connectivity index (χ1n) is 8.36. The van der Waals surface area contributed by atoms with E-state index in [4.69, 9.17) is 0 Å². The van der Waals surface area contributed by atoms with Crippen molar-refractivity contribution in [2.45, 2.75) is 57.9 Å². The molecule has 2 aliphatic rings. The predicted molar refractivity (Wildman–Crippen MR) is 86.8 cm³/mol. The van der Waals surface area contributed by atoms with Crippen LogP contribution in [0.1, 0.15) is 51.5 Å². The van der Waals surface area contributed by atoms with Gasteiger partial charge in [-0.05, 0) is 49.7 Å². The van der Waals surface area contributed by atoms with Crippen LogP contribution in [0.5, 0.6) is 0 Å². The number of rotatable bonds is 3. The molecule has 1 aliphatic carbocycles. The normalized spacial score (nSPS) is 28.3. The quantitative estimate of drug-likeness (QED) is 0.866. The minimum Gasteiger partial charge on any atom is -0.323 e. The molecule has 4 heteroatoms. The Labute approximate surface area is 131 Å². The number of imide groups is 1. The fourth-order valence-electron chi connectivity index (χ4n) is 3.78. The average molecular weight is 300 g/mol. The zero-order chi connectivity index (χ0) is 15.7. The molecule has 1 N–H and O–H groups in total. The summed E-state index contributed by atoms with van der Waals surface area (Å²) < 4.78 is 0. The Morgan fingerprint density at radius 2 is 1.86 bits per heavy atom. The number of hydrogen-bond donors (Lipinski definition) is 1. The highest BCUT2D eigenvalue weighted by molar-refractivity contribution is 6.23. The summed E-state index contributed by atoms with van der Waals surface area (Å²) >= 11 is 0. The van der Waals surface area contributed by atoms with Crippen molar-refractivity contribution in [3.05, 3.63) is 29.8 Å². The van der Waals surface area contributed by atoms with Crippen molar-refractivity contribution < 1.29 is 9.59 Å². The first-order valence-corrected chi connectivity index (χ1v) is 8.36. The van der Waals surface area contributed by atoms with E-state index in [-0.39, 0.29) is 11.9 Å². The van der Waals surface area contributed by atoms with Gasteiger partial charge in [-0.15, -0.1) is 0 Å². The number of para-hydroxylation sites is 1. The summed E-state index contributed by atoms with van der Waals surface area (Å²) in [5.74, 6) is 0.625. The molecule has 22 heavy (non-hydrogen) atoms. The molecule has 1 aromatic carbocycles. The Balaban J connectivity index is 1.89. The summed E-state index contributed by atoms with van der Waals surface area (Å²) in [4.78, 5) is 26.8. The maximum absolute atomic E-state index is 13.0. The van der Waals surface area contributed by atoms with Crippen LogP contribution in [-0.2, 0) is 11.2 Å². The van der Waals surface area contributed by atoms with Gasteiger partial charge in [-0.1, -0.05) is 38.5 Å². The second kappa shape index (κ2) is 5.75. The molecule has 0 bridgehead atoms. The van der Waals surface area contributed by atoms with Gasteiger partial charge in [0, 0.05) is 0 Å². The fourth-order valence-corrected chi connectivity index (χ4v) is 3.78. The fraction of sp³-hybridized carbons (Fsp3) is 0.556. The van der Waals surface area contributed by atoms with Crippen LogP contribution in [0.3, 0.4) is 0 Å². The maximum Gasteiger partial charge on any atom is 0.329 e. The summed E-state index contributed by atoms with van der Waals surface area (Å²) in [5, 5.41) is 3.00. The second-order valence-corrected chi connectivity index (χ2v) is 6.49. The molecule has 1 aliphatic heterocycles. The van der Waals surface area contributed by atoms with Crippen LogP contribution >= 0.6 is 0 Å². The Bertz CT molecular complexity index is 589. The molecule has 1 spiro atoms. The van der Waals surface area contributed by atoms with Crippen molar-refractivity contribution in [3.63, 3.8) is 0 Å². The zero-order valence-corrected chi connectivity index (χ0v) is 13.4. The first-order chi connectivity index (χ1) is 10.6. The Morgan fingerprint density at radius 1 is 1.18 bits per heavy atom. The Hall–Kier alpha value is -1.84. The molecule has 3 amide bonds. The largest absolute Gasteiger partial charge is 0.329 e. The summed E-state index contributed by atoms with van der Waals surface area (Å²) in [6.45, 7) is 4.24. The third-order valence-electron chi connectivity index (χ3n) is 5.31. The standard InChI is InChI=1S/C18H24N2O2/c1-3-13-9-11-18(12-10-13)16(21)20(17(22)19-18)15-8-6-5-7-14(15)4-2/h5-8,13H,3-4,9-12H2,1-2H3,(H,19,22). The van der Waals surface area contributed by atoms with Gasteiger partial charge >= 0.3 is 6.03 Å². The van der Waals surface area contributed by atoms with Gasteiger partial charge in [-0.3, -0.25) is 4.79 Å². The predicted octanol–water partition coefficient (Wildman–Crippen LogP) is 3.64. The Morgan fingerprint density at radius 3 is 2.50 bits per heavy atom. The minimum atomic E-state index is -0.663. The van der Waals surface area contributed by atoms with Crippen molar-refractivity contribution in [2.75, 3.05) is 4.90 Å². The van der Waals surface area contributed by atoms with Gasteiger partial charge in [-0.25, -0.2) is 9.69 Å². The van der Waals surface area contributed by atoms with Gasteiger partial charge in [0.25, 0.3) is 5.91 Å². The van der Waals surface area contributed by atoms with E-state index in [9.17, 15) is 9.59 Å². The Kier molecular flexibility index (Phi) is 3.94. The number of hydrogen-bond acceptors (Lipinski definition) is 2. The molecule has 1 saturated heterocycles. The van der Waals surface area contributed by atoms with Crippen molar-refractivity contribution in [1.29, 1.82) is 0 Å². The summed E-state index contributed by atoms with van der Waals surface area (Å²) in [5.41, 5.74) is 1.11. The highest BCUT2D eigenvalue weighted by Gasteiger charge is 2.53.